The second-order valence-electron chi connectivity index (χ2n) is 4.38. The van der Waals surface area contributed by atoms with Crippen LogP contribution in [0.5, 0.6) is 0 Å². The Labute approximate surface area is 135 Å². The van der Waals surface area contributed by atoms with E-state index in [1.807, 2.05) is 6.07 Å². The van der Waals surface area contributed by atoms with E-state index in [0.717, 1.165) is 10.9 Å². The molecule has 0 aliphatic heterocycles. The number of anilines is 1. The number of carbonyl (C=O) groups excluding carboxylic acids is 1. The Morgan fingerprint density at radius 1 is 1.55 bits per heavy atom. The molecule has 2 rings (SSSR count). The van der Waals surface area contributed by atoms with E-state index >= 15 is 0 Å². The number of halogens is 1. The van der Waals surface area contributed by atoms with Crippen LogP contribution in [-0.2, 0) is 11.3 Å². The Bertz CT molecular complexity index is 719. The minimum absolute atomic E-state index is 0.0329. The normalized spacial score (nSPS) is 10.3. The van der Waals surface area contributed by atoms with Gasteiger partial charge in [-0.15, -0.1) is 11.3 Å². The van der Waals surface area contributed by atoms with Crippen LogP contribution in [0.2, 0.25) is 4.34 Å². The summed E-state index contributed by atoms with van der Waals surface area (Å²) >= 11 is 7.26. The molecule has 0 spiro atoms. The van der Waals surface area contributed by atoms with Gasteiger partial charge in [0.25, 0.3) is 0 Å². The standard InChI is InChI=1S/C13H12ClN3O4S/c1-16(7-9-3-4-11(14)22-9)12-10(17(19)20)5-8(6-15-12)13(18)21-2/h3-6H,7H2,1-2H3. The van der Waals surface area contributed by atoms with Crippen molar-refractivity contribution in [2.75, 3.05) is 19.1 Å². The van der Waals surface area contributed by atoms with Crippen LogP contribution in [-0.4, -0.2) is 30.0 Å². The molecule has 0 aliphatic carbocycles. The zero-order valence-electron chi connectivity index (χ0n) is 11.8. The zero-order valence-corrected chi connectivity index (χ0v) is 13.3. The summed E-state index contributed by atoms with van der Waals surface area (Å²) in [7, 11) is 2.88. The van der Waals surface area contributed by atoms with Crippen LogP contribution in [0.4, 0.5) is 11.5 Å². The predicted octanol–water partition coefficient (Wildman–Crippen LogP) is 3.13. The maximum absolute atomic E-state index is 11.5. The van der Waals surface area contributed by atoms with E-state index in [9.17, 15) is 14.9 Å². The smallest absolute Gasteiger partial charge is 0.339 e. The van der Waals surface area contributed by atoms with E-state index in [1.165, 1.54) is 24.6 Å². The minimum Gasteiger partial charge on any atom is -0.465 e. The van der Waals surface area contributed by atoms with Gasteiger partial charge in [-0.1, -0.05) is 11.6 Å². The molecule has 0 unspecified atom stereocenters. The first-order valence-electron chi connectivity index (χ1n) is 6.10. The van der Waals surface area contributed by atoms with Gasteiger partial charge in [0.15, 0.2) is 0 Å². The van der Waals surface area contributed by atoms with E-state index in [1.54, 1.807) is 18.0 Å². The van der Waals surface area contributed by atoms with Gasteiger partial charge in [-0.25, -0.2) is 9.78 Å². The van der Waals surface area contributed by atoms with Crippen LogP contribution >= 0.6 is 22.9 Å². The average molecular weight is 342 g/mol. The molecule has 0 fully saturated rings. The Balaban J connectivity index is 2.32. The van der Waals surface area contributed by atoms with Gasteiger partial charge in [0.1, 0.15) is 0 Å². The molecule has 9 heteroatoms. The summed E-state index contributed by atoms with van der Waals surface area (Å²) in [6, 6.07) is 4.77. The minimum atomic E-state index is -0.671. The third-order valence-electron chi connectivity index (χ3n) is 2.85. The summed E-state index contributed by atoms with van der Waals surface area (Å²) in [6.45, 7) is 0.419. The monoisotopic (exact) mass is 341 g/mol. The Hall–Kier alpha value is -2.19. The van der Waals surface area contributed by atoms with Crippen LogP contribution in [0, 0.1) is 10.1 Å². The lowest BCUT2D eigenvalue weighted by Crippen LogP contribution is -2.19. The van der Waals surface area contributed by atoms with Crippen molar-refractivity contribution in [3.63, 3.8) is 0 Å². The summed E-state index contributed by atoms with van der Waals surface area (Å²) in [5, 5.41) is 11.2. The van der Waals surface area contributed by atoms with Crippen LogP contribution in [0.15, 0.2) is 24.4 Å². The van der Waals surface area contributed by atoms with Crippen LogP contribution < -0.4 is 4.90 Å². The largest absolute Gasteiger partial charge is 0.465 e. The number of ether oxygens (including phenoxy) is 1. The number of esters is 1. The van der Waals surface area contributed by atoms with Crippen molar-refractivity contribution in [1.82, 2.24) is 4.98 Å². The molecule has 0 saturated carbocycles. The Kier molecular flexibility index (Phi) is 4.94. The van der Waals surface area contributed by atoms with Crippen molar-refractivity contribution in [3.8, 4) is 0 Å². The highest BCUT2D eigenvalue weighted by molar-refractivity contribution is 7.16. The maximum Gasteiger partial charge on any atom is 0.339 e. The molecule has 0 aromatic carbocycles. The fourth-order valence-corrected chi connectivity index (χ4v) is 2.99. The first-order chi connectivity index (χ1) is 10.4. The van der Waals surface area contributed by atoms with Gasteiger partial charge in [0.2, 0.25) is 5.82 Å². The van der Waals surface area contributed by atoms with Gasteiger partial charge in [-0.3, -0.25) is 10.1 Å². The van der Waals surface area contributed by atoms with Crippen molar-refractivity contribution in [3.05, 3.63) is 49.3 Å². The summed E-state index contributed by atoms with van der Waals surface area (Å²) in [6.07, 6.45) is 1.26. The number of hydrogen-bond donors (Lipinski definition) is 0. The summed E-state index contributed by atoms with van der Waals surface area (Å²) in [4.78, 5) is 28.7. The maximum atomic E-state index is 11.5. The number of thiophene rings is 1. The predicted molar refractivity (Wildman–Crippen MR) is 83.7 cm³/mol. The molecule has 0 N–H and O–H groups in total. The second-order valence-corrected chi connectivity index (χ2v) is 6.18. The SMILES string of the molecule is COC(=O)c1cnc(N(C)Cc2ccc(Cl)s2)c([N+](=O)[O-])c1. The zero-order chi connectivity index (χ0) is 16.3. The van der Waals surface area contributed by atoms with Crippen LogP contribution in [0.25, 0.3) is 0 Å². The highest BCUT2D eigenvalue weighted by atomic mass is 35.5. The number of hydrogen-bond acceptors (Lipinski definition) is 7. The molecule has 2 heterocycles. The molecule has 0 bridgehead atoms. The molecular weight excluding hydrogens is 330 g/mol. The Morgan fingerprint density at radius 2 is 2.27 bits per heavy atom. The van der Waals surface area contributed by atoms with Gasteiger partial charge in [0, 0.05) is 24.2 Å². The van der Waals surface area contributed by atoms with E-state index in [2.05, 4.69) is 9.72 Å². The molecule has 2 aromatic heterocycles. The summed E-state index contributed by atoms with van der Waals surface area (Å²) < 4.78 is 5.19. The summed E-state index contributed by atoms with van der Waals surface area (Å²) in [5.41, 5.74) is -0.224. The molecule has 0 atom stereocenters. The first-order valence-corrected chi connectivity index (χ1v) is 7.30. The fraction of sp³-hybridized carbons (Fsp3) is 0.231. The van der Waals surface area contributed by atoms with Gasteiger partial charge in [0.05, 0.1) is 28.5 Å². The van der Waals surface area contributed by atoms with Crippen molar-refractivity contribution in [1.29, 1.82) is 0 Å². The van der Waals surface area contributed by atoms with E-state index < -0.39 is 10.9 Å². The number of pyridine rings is 1. The van der Waals surface area contributed by atoms with Gasteiger partial charge < -0.3 is 9.64 Å². The number of methoxy groups -OCH3 is 1. The number of aromatic nitrogens is 1. The van der Waals surface area contributed by atoms with E-state index in [-0.39, 0.29) is 17.1 Å². The molecule has 0 saturated heterocycles. The van der Waals surface area contributed by atoms with Crippen molar-refractivity contribution in [2.45, 2.75) is 6.54 Å². The lowest BCUT2D eigenvalue weighted by atomic mass is 10.2. The third-order valence-corrected chi connectivity index (χ3v) is 4.06. The molecule has 7 nitrogen and oxygen atoms in total. The number of nitro groups is 1. The summed E-state index contributed by atoms with van der Waals surface area (Å²) in [5.74, 6) is -0.503. The molecule has 116 valence electrons. The van der Waals surface area contributed by atoms with Gasteiger partial charge in [-0.05, 0) is 12.1 Å². The van der Waals surface area contributed by atoms with Crippen LogP contribution in [0.1, 0.15) is 15.2 Å². The van der Waals surface area contributed by atoms with E-state index in [4.69, 9.17) is 11.6 Å². The topological polar surface area (TPSA) is 85.6 Å². The molecular formula is C13H12ClN3O4S. The third kappa shape index (κ3) is 3.52. The van der Waals surface area contributed by atoms with Crippen molar-refractivity contribution >= 4 is 40.4 Å². The molecule has 0 aliphatic rings. The molecule has 0 radical (unpaired) electrons. The van der Waals surface area contributed by atoms with Crippen molar-refractivity contribution < 1.29 is 14.5 Å². The van der Waals surface area contributed by atoms with Gasteiger partial charge >= 0.3 is 11.7 Å². The quantitative estimate of drug-likeness (QED) is 0.472. The highest BCUT2D eigenvalue weighted by Crippen LogP contribution is 2.29. The Morgan fingerprint density at radius 3 is 2.82 bits per heavy atom. The van der Waals surface area contributed by atoms with Crippen molar-refractivity contribution in [2.24, 2.45) is 0 Å². The lowest BCUT2D eigenvalue weighted by molar-refractivity contribution is -0.384. The number of nitrogens with zero attached hydrogens (tertiary/aromatic N) is 3. The average Bonchev–Trinajstić information content (AvgIpc) is 2.90. The molecule has 22 heavy (non-hydrogen) atoms. The highest BCUT2D eigenvalue weighted by Gasteiger charge is 2.22. The second kappa shape index (κ2) is 6.71. The van der Waals surface area contributed by atoms with E-state index in [0.29, 0.717) is 10.9 Å². The van der Waals surface area contributed by atoms with Crippen LogP contribution in [0.3, 0.4) is 0 Å². The fourth-order valence-electron chi connectivity index (χ4n) is 1.85. The van der Waals surface area contributed by atoms with Gasteiger partial charge in [-0.2, -0.15) is 0 Å². The first kappa shape index (κ1) is 16.2. The molecule has 2 aromatic rings. The molecule has 0 amide bonds. The number of carbonyl (C=O) groups is 1. The number of rotatable bonds is 5. The lowest BCUT2D eigenvalue weighted by Gasteiger charge is -2.17.